The van der Waals surface area contributed by atoms with Gasteiger partial charge in [0.15, 0.2) is 0 Å². The smallest absolute Gasteiger partial charge is 0.340 e. The van der Waals surface area contributed by atoms with Crippen molar-refractivity contribution in [2.24, 2.45) is 0 Å². The number of aromatic nitrogens is 2. The average molecular weight is 289 g/mol. The largest absolute Gasteiger partial charge is 0.465 e. The highest BCUT2D eigenvalue weighted by molar-refractivity contribution is 5.89. The minimum atomic E-state index is -0.677. The van der Waals surface area contributed by atoms with E-state index in [1.165, 1.54) is 19.2 Å². The van der Waals surface area contributed by atoms with E-state index in [4.69, 9.17) is 0 Å². The number of ether oxygens (including phenoxy) is 1. The number of nitrogens with zero attached hydrogens (tertiary/aromatic N) is 2. The van der Waals surface area contributed by atoms with E-state index in [1.807, 2.05) is 13.0 Å². The lowest BCUT2D eigenvalue weighted by Crippen LogP contribution is -2.15. The molecule has 5 nitrogen and oxygen atoms in total. The SMILES string of the molecule is COC(=O)c1ccc(CNCc2ccnc(C)n2)cc1F. The van der Waals surface area contributed by atoms with Crippen molar-refractivity contribution in [1.82, 2.24) is 15.3 Å². The van der Waals surface area contributed by atoms with Crippen LogP contribution in [0, 0.1) is 12.7 Å². The molecule has 1 N–H and O–H groups in total. The number of halogens is 1. The number of nitrogens with one attached hydrogen (secondary N) is 1. The highest BCUT2D eigenvalue weighted by atomic mass is 19.1. The van der Waals surface area contributed by atoms with Crippen molar-refractivity contribution in [1.29, 1.82) is 0 Å². The molecule has 110 valence electrons. The third kappa shape index (κ3) is 4.06. The lowest BCUT2D eigenvalue weighted by molar-refractivity contribution is 0.0595. The summed E-state index contributed by atoms with van der Waals surface area (Å²) in [7, 11) is 1.22. The lowest BCUT2D eigenvalue weighted by Gasteiger charge is -2.07. The predicted molar refractivity (Wildman–Crippen MR) is 75.1 cm³/mol. The molecule has 2 aromatic rings. The molecule has 0 amide bonds. The van der Waals surface area contributed by atoms with Crippen LogP contribution in [-0.4, -0.2) is 23.0 Å². The topological polar surface area (TPSA) is 64.1 Å². The molecule has 0 saturated carbocycles. The van der Waals surface area contributed by atoms with Crippen molar-refractivity contribution in [2.75, 3.05) is 7.11 Å². The Hall–Kier alpha value is -2.34. The van der Waals surface area contributed by atoms with Crippen LogP contribution >= 0.6 is 0 Å². The van der Waals surface area contributed by atoms with Crippen molar-refractivity contribution >= 4 is 5.97 Å². The highest BCUT2D eigenvalue weighted by Gasteiger charge is 2.12. The highest BCUT2D eigenvalue weighted by Crippen LogP contribution is 2.11. The Balaban J connectivity index is 1.95. The maximum Gasteiger partial charge on any atom is 0.340 e. The number of carbonyl (C=O) groups is 1. The molecule has 0 aliphatic heterocycles. The van der Waals surface area contributed by atoms with E-state index in [9.17, 15) is 9.18 Å². The first kappa shape index (κ1) is 15.1. The third-order valence-corrected chi connectivity index (χ3v) is 2.91. The summed E-state index contributed by atoms with van der Waals surface area (Å²) in [5, 5.41) is 3.16. The Bertz CT molecular complexity index is 647. The first-order valence-corrected chi connectivity index (χ1v) is 6.46. The number of carbonyl (C=O) groups excluding carboxylic acids is 1. The van der Waals surface area contributed by atoms with Crippen LogP contribution in [0.5, 0.6) is 0 Å². The Morgan fingerprint density at radius 2 is 2.14 bits per heavy atom. The summed E-state index contributed by atoms with van der Waals surface area (Å²) < 4.78 is 18.2. The molecule has 1 aromatic heterocycles. The second-order valence-electron chi connectivity index (χ2n) is 4.50. The summed E-state index contributed by atoms with van der Waals surface area (Å²) in [5.74, 6) is -0.551. The van der Waals surface area contributed by atoms with Gasteiger partial charge >= 0.3 is 5.97 Å². The number of esters is 1. The molecule has 0 bridgehead atoms. The Kier molecular flexibility index (Phi) is 4.94. The molecule has 0 fully saturated rings. The fourth-order valence-corrected chi connectivity index (χ4v) is 1.88. The van der Waals surface area contributed by atoms with Crippen LogP contribution in [0.25, 0.3) is 0 Å². The van der Waals surface area contributed by atoms with Gasteiger partial charge in [0, 0.05) is 19.3 Å². The Labute approximate surface area is 122 Å². The maximum absolute atomic E-state index is 13.7. The maximum atomic E-state index is 13.7. The average Bonchev–Trinajstić information content (AvgIpc) is 2.47. The molecular weight excluding hydrogens is 273 g/mol. The van der Waals surface area contributed by atoms with E-state index in [1.54, 1.807) is 12.3 Å². The van der Waals surface area contributed by atoms with Gasteiger partial charge in [0.1, 0.15) is 11.6 Å². The van der Waals surface area contributed by atoms with Crippen LogP contribution < -0.4 is 5.32 Å². The van der Waals surface area contributed by atoms with Gasteiger partial charge in [-0.1, -0.05) is 6.07 Å². The van der Waals surface area contributed by atoms with Crippen LogP contribution in [-0.2, 0) is 17.8 Å². The third-order valence-electron chi connectivity index (χ3n) is 2.91. The van der Waals surface area contributed by atoms with Crippen LogP contribution in [0.2, 0.25) is 0 Å². The van der Waals surface area contributed by atoms with Gasteiger partial charge < -0.3 is 10.1 Å². The number of aryl methyl sites for hydroxylation is 1. The van der Waals surface area contributed by atoms with E-state index in [0.717, 1.165) is 11.3 Å². The molecule has 21 heavy (non-hydrogen) atoms. The number of methoxy groups -OCH3 is 1. The Morgan fingerprint density at radius 3 is 2.81 bits per heavy atom. The van der Waals surface area contributed by atoms with Gasteiger partial charge in [-0.25, -0.2) is 19.2 Å². The molecule has 2 rings (SSSR count). The Morgan fingerprint density at radius 1 is 1.33 bits per heavy atom. The molecule has 0 aliphatic carbocycles. The van der Waals surface area contributed by atoms with Gasteiger partial charge in [-0.3, -0.25) is 0 Å². The van der Waals surface area contributed by atoms with Crippen LogP contribution in [0.3, 0.4) is 0 Å². The molecule has 0 radical (unpaired) electrons. The van der Waals surface area contributed by atoms with Crippen molar-refractivity contribution < 1.29 is 13.9 Å². The molecule has 0 aliphatic rings. The van der Waals surface area contributed by atoms with Gasteiger partial charge in [0.05, 0.1) is 18.4 Å². The molecule has 6 heteroatoms. The first-order valence-electron chi connectivity index (χ1n) is 6.46. The molecule has 0 spiro atoms. The predicted octanol–water partition coefficient (Wildman–Crippen LogP) is 2.00. The van der Waals surface area contributed by atoms with Gasteiger partial charge in [0.25, 0.3) is 0 Å². The minimum absolute atomic E-state index is 0.0623. The molecule has 1 heterocycles. The van der Waals surface area contributed by atoms with Crippen molar-refractivity contribution in [3.63, 3.8) is 0 Å². The molecule has 1 aromatic carbocycles. The van der Waals surface area contributed by atoms with Crippen LogP contribution in [0.15, 0.2) is 30.5 Å². The van der Waals surface area contributed by atoms with Crippen molar-refractivity contribution in [3.05, 3.63) is 58.9 Å². The van der Waals surface area contributed by atoms with E-state index >= 15 is 0 Å². The number of hydrogen-bond donors (Lipinski definition) is 1. The zero-order valence-corrected chi connectivity index (χ0v) is 11.9. The standard InChI is InChI=1S/C15H16FN3O2/c1-10-18-6-5-12(19-10)9-17-8-11-3-4-13(14(16)7-11)15(20)21-2/h3-7,17H,8-9H2,1-2H3. The lowest BCUT2D eigenvalue weighted by atomic mass is 10.1. The van der Waals surface area contributed by atoms with Crippen molar-refractivity contribution in [2.45, 2.75) is 20.0 Å². The van der Waals surface area contributed by atoms with E-state index < -0.39 is 11.8 Å². The fourth-order valence-electron chi connectivity index (χ4n) is 1.88. The summed E-state index contributed by atoms with van der Waals surface area (Å²) in [5.41, 5.74) is 1.55. The number of rotatable bonds is 5. The van der Waals surface area contributed by atoms with Gasteiger partial charge in [-0.05, 0) is 30.7 Å². The van der Waals surface area contributed by atoms with E-state index in [-0.39, 0.29) is 5.56 Å². The summed E-state index contributed by atoms with van der Waals surface area (Å²) in [6.07, 6.45) is 1.70. The monoisotopic (exact) mass is 289 g/mol. The van der Waals surface area contributed by atoms with Gasteiger partial charge in [0.2, 0.25) is 0 Å². The zero-order valence-electron chi connectivity index (χ0n) is 11.9. The summed E-state index contributed by atoms with van der Waals surface area (Å²) >= 11 is 0. The number of benzene rings is 1. The normalized spacial score (nSPS) is 10.4. The van der Waals surface area contributed by atoms with E-state index in [2.05, 4.69) is 20.0 Å². The van der Waals surface area contributed by atoms with Crippen molar-refractivity contribution in [3.8, 4) is 0 Å². The summed E-state index contributed by atoms with van der Waals surface area (Å²) in [6, 6.07) is 6.26. The minimum Gasteiger partial charge on any atom is -0.465 e. The van der Waals surface area contributed by atoms with E-state index in [0.29, 0.717) is 18.9 Å². The molecule has 0 unspecified atom stereocenters. The summed E-state index contributed by atoms with van der Waals surface area (Å²) in [6.45, 7) is 2.86. The molecule has 0 saturated heterocycles. The van der Waals surface area contributed by atoms with Gasteiger partial charge in [-0.15, -0.1) is 0 Å². The fraction of sp³-hybridized carbons (Fsp3) is 0.267. The summed E-state index contributed by atoms with van der Waals surface area (Å²) in [4.78, 5) is 19.6. The molecular formula is C15H16FN3O2. The first-order chi connectivity index (χ1) is 10.1. The van der Waals surface area contributed by atoms with Crippen LogP contribution in [0.1, 0.15) is 27.4 Å². The quantitative estimate of drug-likeness (QED) is 0.853. The number of hydrogen-bond acceptors (Lipinski definition) is 5. The van der Waals surface area contributed by atoms with Crippen LogP contribution in [0.4, 0.5) is 4.39 Å². The van der Waals surface area contributed by atoms with Gasteiger partial charge in [-0.2, -0.15) is 0 Å². The second-order valence-corrected chi connectivity index (χ2v) is 4.50. The molecule has 0 atom stereocenters. The second kappa shape index (κ2) is 6.90. The zero-order chi connectivity index (χ0) is 15.2.